The lowest BCUT2D eigenvalue weighted by Gasteiger charge is -2.23. The van der Waals surface area contributed by atoms with Crippen LogP contribution in [0.3, 0.4) is 0 Å². The first-order chi connectivity index (χ1) is 14.3. The average Bonchev–Trinajstić information content (AvgIpc) is 2.70. The van der Waals surface area contributed by atoms with Gasteiger partial charge in [0.05, 0.1) is 43.1 Å². The van der Waals surface area contributed by atoms with Crippen molar-refractivity contribution in [1.82, 2.24) is 0 Å². The van der Waals surface area contributed by atoms with E-state index in [1.54, 1.807) is 21.1 Å². The molecule has 30 heavy (non-hydrogen) atoms. The summed E-state index contributed by atoms with van der Waals surface area (Å²) in [4.78, 5) is 0. The number of aliphatic hydroxyl groups is 1. The summed E-state index contributed by atoms with van der Waals surface area (Å²) in [7, 11) is -0.337. The van der Waals surface area contributed by atoms with Crippen LogP contribution in [0.5, 0.6) is 11.5 Å². The summed E-state index contributed by atoms with van der Waals surface area (Å²) in [5, 5.41) is 10.6. The molecule has 0 aliphatic carbocycles. The minimum absolute atomic E-state index is 0.0162. The third-order valence-corrected chi connectivity index (χ3v) is 6.31. The van der Waals surface area contributed by atoms with Crippen molar-refractivity contribution in [3.05, 3.63) is 21.7 Å². The van der Waals surface area contributed by atoms with Crippen molar-refractivity contribution < 1.29 is 42.6 Å². The van der Waals surface area contributed by atoms with Gasteiger partial charge in [0.25, 0.3) is 0 Å². The molecule has 0 saturated carbocycles. The normalized spacial score (nSPS) is 14.4. The number of methoxy groups -OCH3 is 2. The van der Waals surface area contributed by atoms with Gasteiger partial charge in [-0.15, -0.1) is 0 Å². The molecule has 12 heteroatoms. The van der Waals surface area contributed by atoms with Crippen LogP contribution >= 0.6 is 30.6 Å². The zero-order chi connectivity index (χ0) is 22.6. The summed E-state index contributed by atoms with van der Waals surface area (Å²) >= 11 is 12.8. The third-order valence-electron chi connectivity index (χ3n) is 3.70. The van der Waals surface area contributed by atoms with Crippen molar-refractivity contribution in [1.29, 1.82) is 0 Å². The molecule has 0 aliphatic heterocycles. The molecule has 0 bridgehead atoms. The third kappa shape index (κ3) is 8.49. The van der Waals surface area contributed by atoms with E-state index in [2.05, 4.69) is 0 Å². The van der Waals surface area contributed by atoms with Gasteiger partial charge in [0.1, 0.15) is 0 Å². The van der Waals surface area contributed by atoms with Crippen LogP contribution in [-0.2, 0) is 28.0 Å². The minimum atomic E-state index is -3.43. The van der Waals surface area contributed by atoms with Gasteiger partial charge in [0.2, 0.25) is 7.37 Å². The molecule has 0 spiro atoms. The molecule has 0 saturated heterocycles. The van der Waals surface area contributed by atoms with Crippen LogP contribution in [-0.4, -0.2) is 72.6 Å². The highest BCUT2D eigenvalue weighted by molar-refractivity contribution is 7.58. The van der Waals surface area contributed by atoms with Gasteiger partial charge in [-0.25, -0.2) is 0 Å². The quantitative estimate of drug-likeness (QED) is 0.209. The first-order valence-electron chi connectivity index (χ1n) is 9.10. The number of hydrogen-bond acceptors (Lipinski definition) is 9. The number of rotatable bonds is 16. The van der Waals surface area contributed by atoms with Gasteiger partial charge in [-0.05, 0) is 13.0 Å². The van der Waals surface area contributed by atoms with Crippen molar-refractivity contribution >= 4 is 30.6 Å². The van der Waals surface area contributed by atoms with E-state index in [0.29, 0.717) is 19.8 Å². The molecule has 0 amide bonds. The van der Waals surface area contributed by atoms with Crippen LogP contribution in [0.2, 0.25) is 10.0 Å². The summed E-state index contributed by atoms with van der Waals surface area (Å²) in [5.74, 6) is -1.40. The van der Waals surface area contributed by atoms with Crippen LogP contribution in [0.1, 0.15) is 18.3 Å². The van der Waals surface area contributed by atoms with Gasteiger partial charge in [0.15, 0.2) is 30.9 Å². The second kappa shape index (κ2) is 14.5. The standard InChI is InChI=1S/C18H29Cl2O9P/c1-5-29-30(4,22)18(21)13-10-14(19)16(27-11-25-8-6-23-2)17(15(13)20)28-12-26-9-7-24-3/h10,18,21H,5-9,11-12H2,1-4H3. The first kappa shape index (κ1) is 27.4. The molecule has 0 radical (unpaired) electrons. The number of hydrogen-bond donors (Lipinski definition) is 1. The molecule has 1 N–H and O–H groups in total. The van der Waals surface area contributed by atoms with E-state index in [1.165, 1.54) is 12.7 Å². The van der Waals surface area contributed by atoms with Crippen LogP contribution in [0.25, 0.3) is 0 Å². The number of benzene rings is 1. The maximum atomic E-state index is 12.7. The molecule has 2 unspecified atom stereocenters. The van der Waals surface area contributed by atoms with E-state index in [9.17, 15) is 9.67 Å². The van der Waals surface area contributed by atoms with Gasteiger partial charge in [-0.2, -0.15) is 0 Å². The molecule has 0 fully saturated rings. The predicted molar refractivity (Wildman–Crippen MR) is 113 cm³/mol. The largest absolute Gasteiger partial charge is 0.462 e. The van der Waals surface area contributed by atoms with Crippen LogP contribution in [0, 0.1) is 0 Å². The van der Waals surface area contributed by atoms with Gasteiger partial charge in [0, 0.05) is 26.4 Å². The summed E-state index contributed by atoms with van der Waals surface area (Å²) in [6, 6.07) is 1.35. The lowest BCUT2D eigenvalue weighted by molar-refractivity contribution is -0.0207. The summed E-state index contributed by atoms with van der Waals surface area (Å²) < 4.78 is 49.4. The van der Waals surface area contributed by atoms with E-state index in [-0.39, 0.29) is 53.9 Å². The number of halogens is 2. The Morgan fingerprint density at radius 3 is 2.03 bits per heavy atom. The van der Waals surface area contributed by atoms with Gasteiger partial charge in [-0.3, -0.25) is 4.57 Å². The molecule has 2 atom stereocenters. The van der Waals surface area contributed by atoms with Crippen molar-refractivity contribution in [2.45, 2.75) is 12.8 Å². The Hall–Kier alpha value is -0.610. The van der Waals surface area contributed by atoms with E-state index >= 15 is 0 Å². The van der Waals surface area contributed by atoms with E-state index in [0.717, 1.165) is 0 Å². The highest BCUT2D eigenvalue weighted by Crippen LogP contribution is 2.58. The highest BCUT2D eigenvalue weighted by Gasteiger charge is 2.33. The van der Waals surface area contributed by atoms with Crippen LogP contribution in [0.4, 0.5) is 0 Å². The zero-order valence-electron chi connectivity index (χ0n) is 17.5. The molecule has 1 aromatic rings. The fourth-order valence-corrected chi connectivity index (χ4v) is 4.23. The van der Waals surface area contributed by atoms with Gasteiger partial charge >= 0.3 is 0 Å². The monoisotopic (exact) mass is 490 g/mol. The van der Waals surface area contributed by atoms with E-state index in [4.69, 9.17) is 56.1 Å². The summed E-state index contributed by atoms with van der Waals surface area (Å²) in [5.41, 5.74) is 0.0838. The van der Waals surface area contributed by atoms with Gasteiger partial charge < -0.3 is 38.1 Å². The van der Waals surface area contributed by atoms with Gasteiger partial charge in [-0.1, -0.05) is 23.2 Å². The minimum Gasteiger partial charge on any atom is -0.462 e. The number of aliphatic hydroxyl groups excluding tert-OH is 1. The molecule has 9 nitrogen and oxygen atoms in total. The van der Waals surface area contributed by atoms with Crippen molar-refractivity contribution in [3.8, 4) is 11.5 Å². The van der Waals surface area contributed by atoms with Crippen molar-refractivity contribution in [2.75, 3.05) is 67.5 Å². The summed E-state index contributed by atoms with van der Waals surface area (Å²) in [6.07, 6.45) is 0. The highest BCUT2D eigenvalue weighted by atomic mass is 35.5. The Kier molecular flexibility index (Phi) is 13.2. The fourth-order valence-electron chi connectivity index (χ4n) is 2.24. The Labute approximate surface area is 186 Å². The Morgan fingerprint density at radius 1 is 1.00 bits per heavy atom. The molecule has 0 heterocycles. The maximum Gasteiger partial charge on any atom is 0.232 e. The summed E-state index contributed by atoms with van der Waals surface area (Å²) in [6.45, 7) is 4.17. The van der Waals surface area contributed by atoms with E-state index in [1.807, 2.05) is 0 Å². The second-order valence-electron chi connectivity index (χ2n) is 5.95. The van der Waals surface area contributed by atoms with Crippen LogP contribution in [0.15, 0.2) is 6.07 Å². The fraction of sp³-hybridized carbons (Fsp3) is 0.667. The lowest BCUT2D eigenvalue weighted by atomic mass is 10.2. The smallest absolute Gasteiger partial charge is 0.232 e. The average molecular weight is 491 g/mol. The molecule has 1 aromatic carbocycles. The molecule has 0 aliphatic rings. The van der Waals surface area contributed by atoms with Crippen LogP contribution < -0.4 is 9.47 Å². The first-order valence-corrected chi connectivity index (χ1v) is 12.0. The second-order valence-corrected chi connectivity index (χ2v) is 9.30. The zero-order valence-corrected chi connectivity index (χ0v) is 19.9. The van der Waals surface area contributed by atoms with Crippen molar-refractivity contribution in [3.63, 3.8) is 0 Å². The Balaban J connectivity index is 3.13. The molecule has 1 rings (SSSR count). The molecule has 0 aromatic heterocycles. The Morgan fingerprint density at radius 2 is 1.53 bits per heavy atom. The number of ether oxygens (including phenoxy) is 6. The maximum absolute atomic E-state index is 12.7. The van der Waals surface area contributed by atoms with E-state index < -0.39 is 13.2 Å². The predicted octanol–water partition coefficient (Wildman–Crippen LogP) is 3.93. The Bertz CT molecular complexity index is 690. The molecular formula is C18H29Cl2O9P. The molecular weight excluding hydrogens is 462 g/mol. The topological polar surface area (TPSA) is 102 Å². The lowest BCUT2D eigenvalue weighted by Crippen LogP contribution is -2.12. The van der Waals surface area contributed by atoms with Crippen molar-refractivity contribution in [2.24, 2.45) is 0 Å². The SMILES string of the molecule is CCOP(C)(=O)C(O)c1cc(Cl)c(OCOCCOC)c(OCOCCOC)c1Cl. The molecule has 174 valence electrons.